The van der Waals surface area contributed by atoms with E-state index < -0.39 is 0 Å². The molecule has 3 fully saturated rings. The van der Waals surface area contributed by atoms with Crippen LogP contribution in [0, 0.1) is 0 Å². The van der Waals surface area contributed by atoms with Crippen LogP contribution < -0.4 is 11.0 Å². The lowest BCUT2D eigenvalue weighted by molar-refractivity contribution is -0.128. The first-order chi connectivity index (χ1) is 19.2. The minimum Gasteiger partial charge on any atom is -0.449 e. The van der Waals surface area contributed by atoms with Crippen LogP contribution >= 0.6 is 0 Å². The summed E-state index contributed by atoms with van der Waals surface area (Å²) in [5.41, 5.74) is 1.09. The van der Waals surface area contributed by atoms with Gasteiger partial charge in [0.05, 0.1) is 17.6 Å². The minimum atomic E-state index is -0.356. The van der Waals surface area contributed by atoms with Gasteiger partial charge in [0.15, 0.2) is 0 Å². The number of imidazole rings is 1. The Morgan fingerprint density at radius 3 is 2.30 bits per heavy atom. The van der Waals surface area contributed by atoms with E-state index in [0.29, 0.717) is 50.4 Å². The lowest BCUT2D eigenvalue weighted by atomic mass is 9.97. The molecule has 5 rings (SSSR count). The summed E-state index contributed by atoms with van der Waals surface area (Å²) in [6, 6.07) is 7.79. The summed E-state index contributed by atoms with van der Waals surface area (Å²) in [4.78, 5) is 56.6. The number of nitrogens with one attached hydrogen (secondary N) is 1. The van der Waals surface area contributed by atoms with Crippen molar-refractivity contribution in [2.24, 2.45) is 0 Å². The molecule has 0 aliphatic carbocycles. The third-order valence-electron chi connectivity index (χ3n) is 8.70. The zero-order chi connectivity index (χ0) is 28.4. The first kappa shape index (κ1) is 28.2. The Morgan fingerprint density at radius 1 is 0.975 bits per heavy atom. The highest BCUT2D eigenvalue weighted by Crippen LogP contribution is 2.35. The molecule has 3 aliphatic heterocycles. The van der Waals surface area contributed by atoms with Crippen LogP contribution in [0.25, 0.3) is 11.0 Å². The average molecular weight is 555 g/mol. The molecule has 11 heteroatoms. The maximum atomic E-state index is 13.3. The maximum Gasteiger partial charge on any atom is 0.409 e. The maximum absolute atomic E-state index is 13.3. The molecule has 0 saturated carbocycles. The number of hydrogen-bond acceptors (Lipinski definition) is 6. The standard InChI is InChI=1S/C29H42N6O5/c1-20(2)34-25-8-4-5-9-26(25)35(28(34)38)27(37)30-22-18-23-10-11-24(19-22)33(23)14-7-17-40-29(39)32-13-6-12-31(15-16-32)21(3)36/h4-5,8-9,20,22-24H,6-7,10-19H2,1-3H3,(H,30,37)/t22-,23+,24-. The van der Waals surface area contributed by atoms with Crippen LogP contribution in [0.5, 0.6) is 0 Å². The number of rotatable bonds is 6. The van der Waals surface area contributed by atoms with Gasteiger partial charge in [-0.3, -0.25) is 14.3 Å². The van der Waals surface area contributed by atoms with Crippen LogP contribution in [-0.4, -0.2) is 99.3 Å². The van der Waals surface area contributed by atoms with Crippen LogP contribution in [0.2, 0.25) is 0 Å². The third kappa shape index (κ3) is 5.75. The number of aromatic nitrogens is 2. The Labute approximate surface area is 235 Å². The van der Waals surface area contributed by atoms with E-state index in [2.05, 4.69) is 10.2 Å². The fraction of sp³-hybridized carbons (Fsp3) is 0.655. The molecule has 2 bridgehead atoms. The van der Waals surface area contributed by atoms with Crippen molar-refractivity contribution in [3.8, 4) is 0 Å². The quantitative estimate of drug-likeness (QED) is 0.550. The van der Waals surface area contributed by atoms with Crippen molar-refractivity contribution < 1.29 is 19.1 Å². The normalized spacial score (nSPS) is 23.4. The van der Waals surface area contributed by atoms with Crippen molar-refractivity contribution in [3.63, 3.8) is 0 Å². The zero-order valence-corrected chi connectivity index (χ0v) is 23.9. The lowest BCUT2D eigenvalue weighted by Crippen LogP contribution is -2.52. The van der Waals surface area contributed by atoms with Crippen LogP contribution in [-0.2, 0) is 9.53 Å². The Hall–Kier alpha value is -3.34. The van der Waals surface area contributed by atoms with Crippen LogP contribution in [0.15, 0.2) is 29.1 Å². The Balaban J connectivity index is 1.11. The molecule has 3 atom stereocenters. The van der Waals surface area contributed by atoms with Gasteiger partial charge in [0, 0.05) is 63.8 Å². The van der Waals surface area contributed by atoms with Crippen molar-refractivity contribution >= 4 is 29.1 Å². The number of para-hydroxylation sites is 2. The lowest BCUT2D eigenvalue weighted by Gasteiger charge is -2.39. The van der Waals surface area contributed by atoms with E-state index in [-0.39, 0.29) is 35.8 Å². The Bertz CT molecular complexity index is 1290. The van der Waals surface area contributed by atoms with E-state index in [1.54, 1.807) is 21.3 Å². The predicted molar refractivity (Wildman–Crippen MR) is 151 cm³/mol. The van der Waals surface area contributed by atoms with Gasteiger partial charge in [-0.2, -0.15) is 0 Å². The van der Waals surface area contributed by atoms with Crippen LogP contribution in [0.1, 0.15) is 65.3 Å². The molecule has 1 aromatic carbocycles. The number of carbonyl (C=O) groups is 3. The fourth-order valence-electron chi connectivity index (χ4n) is 6.78. The van der Waals surface area contributed by atoms with Crippen molar-refractivity contribution in [1.29, 1.82) is 0 Å². The van der Waals surface area contributed by atoms with Crippen LogP contribution in [0.3, 0.4) is 0 Å². The predicted octanol–water partition coefficient (Wildman–Crippen LogP) is 3.02. The van der Waals surface area contributed by atoms with Gasteiger partial charge in [-0.25, -0.2) is 19.0 Å². The number of fused-ring (bicyclic) bond motifs is 3. The van der Waals surface area contributed by atoms with Gasteiger partial charge in [0.2, 0.25) is 5.91 Å². The molecule has 2 aromatic rings. The number of hydrogen-bond donors (Lipinski definition) is 1. The summed E-state index contributed by atoms with van der Waals surface area (Å²) < 4.78 is 8.51. The smallest absolute Gasteiger partial charge is 0.409 e. The number of ether oxygens (including phenoxy) is 1. The van der Waals surface area contributed by atoms with Crippen LogP contribution in [0.4, 0.5) is 9.59 Å². The van der Waals surface area contributed by atoms with Crippen molar-refractivity contribution in [3.05, 3.63) is 34.7 Å². The minimum absolute atomic E-state index is 0.0183. The molecule has 0 radical (unpaired) electrons. The van der Waals surface area contributed by atoms with E-state index in [9.17, 15) is 19.2 Å². The van der Waals surface area contributed by atoms with E-state index in [0.717, 1.165) is 50.6 Å². The molecule has 0 unspecified atom stereocenters. The SMILES string of the molecule is CC(=O)N1CCCN(C(=O)OCCCN2[C@@H]3CC[C@H]2C[C@@H](NC(=O)n2c(=O)n(C(C)C)c4ccccc42)C3)CC1. The molecule has 1 N–H and O–H groups in total. The molecule has 4 heterocycles. The van der Waals surface area contributed by atoms with Gasteiger partial charge >= 0.3 is 17.8 Å². The first-order valence-electron chi connectivity index (χ1n) is 14.7. The Morgan fingerprint density at radius 2 is 1.62 bits per heavy atom. The molecule has 3 saturated heterocycles. The van der Waals surface area contributed by atoms with E-state index in [1.807, 2.05) is 38.1 Å². The van der Waals surface area contributed by atoms with Gasteiger partial charge in [-0.1, -0.05) is 12.1 Å². The summed E-state index contributed by atoms with van der Waals surface area (Å²) in [6.07, 6.45) is 5.09. The number of amides is 3. The second kappa shape index (κ2) is 12.0. The van der Waals surface area contributed by atoms with Gasteiger partial charge < -0.3 is 19.9 Å². The second-order valence-electron chi connectivity index (χ2n) is 11.6. The highest BCUT2D eigenvalue weighted by Gasteiger charge is 2.41. The van der Waals surface area contributed by atoms with E-state index in [4.69, 9.17) is 4.74 Å². The molecular formula is C29H42N6O5. The number of benzene rings is 1. The first-order valence-corrected chi connectivity index (χ1v) is 14.7. The van der Waals surface area contributed by atoms with Gasteiger partial charge in [-0.05, 0) is 64.5 Å². The highest BCUT2D eigenvalue weighted by molar-refractivity contribution is 5.89. The van der Waals surface area contributed by atoms with Crippen molar-refractivity contribution in [1.82, 2.24) is 29.2 Å². The van der Waals surface area contributed by atoms with Crippen molar-refractivity contribution in [2.45, 2.75) is 83.5 Å². The summed E-state index contributed by atoms with van der Waals surface area (Å²) in [5.74, 6) is 0.0424. The molecule has 40 heavy (non-hydrogen) atoms. The van der Waals surface area contributed by atoms with Gasteiger partial charge in [0.1, 0.15) is 0 Å². The molecule has 218 valence electrons. The summed E-state index contributed by atoms with van der Waals surface area (Å²) in [6.45, 7) is 9.01. The summed E-state index contributed by atoms with van der Waals surface area (Å²) >= 11 is 0. The topological polar surface area (TPSA) is 109 Å². The molecule has 3 amide bonds. The average Bonchev–Trinajstić information content (AvgIpc) is 3.19. The molecule has 11 nitrogen and oxygen atoms in total. The van der Waals surface area contributed by atoms with Crippen molar-refractivity contribution in [2.75, 3.05) is 39.3 Å². The number of carbonyl (C=O) groups excluding carboxylic acids is 3. The number of piperidine rings is 1. The summed E-state index contributed by atoms with van der Waals surface area (Å²) in [7, 11) is 0. The van der Waals surface area contributed by atoms with Gasteiger partial charge in [-0.15, -0.1) is 0 Å². The molecular weight excluding hydrogens is 512 g/mol. The second-order valence-corrected chi connectivity index (χ2v) is 11.6. The highest BCUT2D eigenvalue weighted by atomic mass is 16.6. The van der Waals surface area contributed by atoms with E-state index >= 15 is 0 Å². The largest absolute Gasteiger partial charge is 0.449 e. The Kier molecular flexibility index (Phi) is 8.48. The zero-order valence-electron chi connectivity index (χ0n) is 23.9. The van der Waals surface area contributed by atoms with E-state index in [1.165, 1.54) is 4.57 Å². The molecule has 0 spiro atoms. The monoisotopic (exact) mass is 554 g/mol. The third-order valence-corrected chi connectivity index (χ3v) is 8.70. The number of nitrogens with zero attached hydrogens (tertiary/aromatic N) is 5. The fourth-order valence-corrected chi connectivity index (χ4v) is 6.78. The summed E-state index contributed by atoms with van der Waals surface area (Å²) in [5, 5.41) is 3.16. The molecule has 3 aliphatic rings. The molecule has 1 aromatic heterocycles. The van der Waals surface area contributed by atoms with Gasteiger partial charge in [0.25, 0.3) is 0 Å².